The number of benzene rings is 1. The van der Waals surface area contributed by atoms with E-state index in [0.29, 0.717) is 0 Å². The maximum absolute atomic E-state index is 14.2. The van der Waals surface area contributed by atoms with E-state index in [-0.39, 0.29) is 23.8 Å². The minimum atomic E-state index is -3.31. The summed E-state index contributed by atoms with van der Waals surface area (Å²) in [5.41, 5.74) is -0.197. The lowest BCUT2D eigenvalue weighted by Crippen LogP contribution is -2.46. The third kappa shape index (κ3) is 3.57. The number of hydrogen-bond donors (Lipinski definition) is 1. The third-order valence-electron chi connectivity index (χ3n) is 4.31. The summed E-state index contributed by atoms with van der Waals surface area (Å²) in [4.78, 5) is 24.9. The van der Waals surface area contributed by atoms with Crippen molar-refractivity contribution in [1.82, 2.24) is 20.0 Å². The Kier molecular flexibility index (Phi) is 5.12. The predicted molar refractivity (Wildman–Crippen MR) is 93.1 cm³/mol. The molecule has 0 aliphatic carbocycles. The molecule has 2 amide bonds. The first kappa shape index (κ1) is 19.5. The predicted octanol–water partition coefficient (Wildman–Crippen LogP) is 1.78. The van der Waals surface area contributed by atoms with Gasteiger partial charge >= 0.3 is 0 Å². The van der Waals surface area contributed by atoms with Crippen molar-refractivity contribution in [2.24, 2.45) is 0 Å². The summed E-state index contributed by atoms with van der Waals surface area (Å²) in [6.07, 6.45) is 0.932. The van der Waals surface area contributed by atoms with E-state index in [2.05, 4.69) is 17.0 Å². The van der Waals surface area contributed by atoms with Crippen LogP contribution in [0, 0.1) is 5.82 Å². The summed E-state index contributed by atoms with van der Waals surface area (Å²) in [5, 5.41) is 6.15. The van der Waals surface area contributed by atoms with Crippen LogP contribution in [0.5, 0.6) is 5.88 Å². The Balaban J connectivity index is 1.83. The number of ether oxygens (including phenoxy) is 1. The van der Waals surface area contributed by atoms with Crippen LogP contribution in [0.1, 0.15) is 10.5 Å². The lowest BCUT2D eigenvalue weighted by atomic mass is 10.2. The molecular formula is C18H17F3N4O3. The molecule has 28 heavy (non-hydrogen) atoms. The fraction of sp³-hybridized carbons (Fsp3) is 0.278. The number of amides is 2. The molecule has 1 aliphatic rings. The SMILES string of the molecule is C=CC(=O)N1CC(NC(=O)c2cc(OC)n(-c3ccccc3F)n2)C(F)(F)C1. The summed E-state index contributed by atoms with van der Waals surface area (Å²) >= 11 is 0. The molecule has 1 aromatic carbocycles. The highest BCUT2D eigenvalue weighted by Crippen LogP contribution is 2.28. The van der Waals surface area contributed by atoms with E-state index in [9.17, 15) is 22.8 Å². The molecule has 0 spiro atoms. The van der Waals surface area contributed by atoms with Crippen LogP contribution in [0.25, 0.3) is 5.69 Å². The molecule has 2 aromatic rings. The van der Waals surface area contributed by atoms with Crippen LogP contribution in [-0.4, -0.2) is 58.7 Å². The van der Waals surface area contributed by atoms with Gasteiger partial charge in [-0.3, -0.25) is 9.59 Å². The van der Waals surface area contributed by atoms with Crippen molar-refractivity contribution in [2.75, 3.05) is 20.2 Å². The summed E-state index contributed by atoms with van der Waals surface area (Å²) in [5.74, 6) is -5.41. The van der Waals surface area contributed by atoms with Crippen molar-refractivity contribution in [1.29, 1.82) is 0 Å². The number of hydrogen-bond acceptors (Lipinski definition) is 4. The first-order chi connectivity index (χ1) is 13.3. The molecule has 7 nitrogen and oxygen atoms in total. The first-order valence-electron chi connectivity index (χ1n) is 8.26. The normalized spacial score (nSPS) is 18.0. The molecule has 10 heteroatoms. The van der Waals surface area contributed by atoms with Crippen LogP contribution in [0.2, 0.25) is 0 Å². The summed E-state index contributed by atoms with van der Waals surface area (Å²) in [6, 6.07) is 5.32. The van der Waals surface area contributed by atoms with Crippen LogP contribution < -0.4 is 10.1 Å². The maximum Gasteiger partial charge on any atom is 0.286 e. The first-order valence-corrected chi connectivity index (χ1v) is 8.26. The van der Waals surface area contributed by atoms with E-state index in [0.717, 1.165) is 15.7 Å². The number of para-hydroxylation sites is 1. The number of aromatic nitrogens is 2. The standard InChI is InChI=1S/C18H17F3N4O3/c1-3-15(26)24-9-14(18(20,21)10-24)22-17(27)12-8-16(28-2)25(23-12)13-7-5-4-6-11(13)19/h3-8,14H,1,9-10H2,2H3,(H,22,27). The van der Waals surface area contributed by atoms with E-state index in [4.69, 9.17) is 4.74 Å². The van der Waals surface area contributed by atoms with Crippen LogP contribution in [0.15, 0.2) is 43.0 Å². The van der Waals surface area contributed by atoms with Gasteiger partial charge in [-0.25, -0.2) is 13.2 Å². The molecule has 0 radical (unpaired) electrons. The van der Waals surface area contributed by atoms with Crippen molar-refractivity contribution < 1.29 is 27.5 Å². The number of likely N-dealkylation sites (tertiary alicyclic amines) is 1. The maximum atomic E-state index is 14.2. The van der Waals surface area contributed by atoms with Gasteiger partial charge in [0.15, 0.2) is 5.69 Å². The van der Waals surface area contributed by atoms with Gasteiger partial charge in [-0.1, -0.05) is 18.7 Å². The second-order valence-corrected chi connectivity index (χ2v) is 6.15. The zero-order valence-electron chi connectivity index (χ0n) is 14.9. The van der Waals surface area contributed by atoms with Crippen LogP contribution in [0.3, 0.4) is 0 Å². The van der Waals surface area contributed by atoms with Gasteiger partial charge in [0.2, 0.25) is 11.8 Å². The van der Waals surface area contributed by atoms with Gasteiger partial charge in [0.1, 0.15) is 17.5 Å². The Morgan fingerprint density at radius 2 is 2.11 bits per heavy atom. The lowest BCUT2D eigenvalue weighted by molar-refractivity contribution is -0.126. The smallest absolute Gasteiger partial charge is 0.286 e. The van der Waals surface area contributed by atoms with Gasteiger partial charge in [-0.2, -0.15) is 9.78 Å². The van der Waals surface area contributed by atoms with Gasteiger partial charge in [0.25, 0.3) is 11.8 Å². The molecule has 1 N–H and O–H groups in total. The Labute approximate surface area is 158 Å². The zero-order valence-corrected chi connectivity index (χ0v) is 14.9. The second kappa shape index (κ2) is 7.37. The van der Waals surface area contributed by atoms with E-state index in [1.165, 1.54) is 31.4 Å². The number of methoxy groups -OCH3 is 1. The monoisotopic (exact) mass is 394 g/mol. The Bertz CT molecular complexity index is 929. The highest BCUT2D eigenvalue weighted by atomic mass is 19.3. The molecule has 2 heterocycles. The largest absolute Gasteiger partial charge is 0.481 e. The quantitative estimate of drug-likeness (QED) is 0.785. The Morgan fingerprint density at radius 1 is 1.39 bits per heavy atom. The zero-order chi connectivity index (χ0) is 20.5. The van der Waals surface area contributed by atoms with Crippen molar-refractivity contribution >= 4 is 11.8 Å². The van der Waals surface area contributed by atoms with Gasteiger partial charge in [-0.15, -0.1) is 0 Å². The van der Waals surface area contributed by atoms with Gasteiger partial charge in [0, 0.05) is 12.6 Å². The molecular weight excluding hydrogens is 377 g/mol. The van der Waals surface area contributed by atoms with Crippen LogP contribution in [-0.2, 0) is 4.79 Å². The molecule has 0 saturated carbocycles. The highest BCUT2D eigenvalue weighted by Gasteiger charge is 2.50. The average Bonchev–Trinajstić information content (AvgIpc) is 3.22. The second-order valence-electron chi connectivity index (χ2n) is 6.15. The minimum absolute atomic E-state index is 0.0346. The van der Waals surface area contributed by atoms with E-state index in [1.807, 2.05) is 0 Å². The lowest BCUT2D eigenvalue weighted by Gasteiger charge is -2.17. The number of carbonyl (C=O) groups is 2. The summed E-state index contributed by atoms with van der Waals surface area (Å²) in [7, 11) is 1.31. The molecule has 1 fully saturated rings. The van der Waals surface area contributed by atoms with Crippen molar-refractivity contribution in [2.45, 2.75) is 12.0 Å². The van der Waals surface area contributed by atoms with Crippen molar-refractivity contribution in [3.8, 4) is 11.6 Å². The van der Waals surface area contributed by atoms with E-state index >= 15 is 0 Å². The molecule has 3 rings (SSSR count). The number of alkyl halides is 2. The van der Waals surface area contributed by atoms with Crippen LogP contribution >= 0.6 is 0 Å². The summed E-state index contributed by atoms with van der Waals surface area (Å²) in [6.45, 7) is 2.07. The van der Waals surface area contributed by atoms with Gasteiger partial charge in [-0.05, 0) is 18.2 Å². The van der Waals surface area contributed by atoms with Crippen molar-refractivity contribution in [3.05, 3.63) is 54.5 Å². The molecule has 0 bridgehead atoms. The Morgan fingerprint density at radius 3 is 2.75 bits per heavy atom. The molecule has 1 aliphatic heterocycles. The average molecular weight is 394 g/mol. The van der Waals surface area contributed by atoms with E-state index < -0.39 is 36.1 Å². The number of nitrogens with one attached hydrogen (secondary N) is 1. The molecule has 1 unspecified atom stereocenters. The highest BCUT2D eigenvalue weighted by molar-refractivity contribution is 5.93. The molecule has 1 atom stereocenters. The van der Waals surface area contributed by atoms with E-state index in [1.54, 1.807) is 6.07 Å². The van der Waals surface area contributed by atoms with Gasteiger partial charge in [0.05, 0.1) is 13.7 Å². The third-order valence-corrected chi connectivity index (χ3v) is 4.31. The molecule has 148 valence electrons. The number of halogens is 3. The van der Waals surface area contributed by atoms with Crippen molar-refractivity contribution in [3.63, 3.8) is 0 Å². The van der Waals surface area contributed by atoms with Gasteiger partial charge < -0.3 is 15.0 Å². The molecule has 1 saturated heterocycles. The number of rotatable bonds is 5. The number of nitrogens with zero attached hydrogens (tertiary/aromatic N) is 3. The summed E-state index contributed by atoms with van der Waals surface area (Å²) < 4.78 is 48.5. The number of carbonyl (C=O) groups excluding carboxylic acids is 2. The topological polar surface area (TPSA) is 76.5 Å². The minimum Gasteiger partial charge on any atom is -0.481 e. The Hall–Kier alpha value is -3.30. The van der Waals surface area contributed by atoms with Crippen LogP contribution in [0.4, 0.5) is 13.2 Å². The molecule has 1 aromatic heterocycles. The fourth-order valence-corrected chi connectivity index (χ4v) is 2.88. The fourth-order valence-electron chi connectivity index (χ4n) is 2.88.